The Bertz CT molecular complexity index is 933. The number of ether oxygens (including phenoxy) is 1. The number of aromatic nitrogens is 2. The standard InChI is InChI=1S/C20H17N3O3/c24-20(25)15-6-3-7-17(10-15)26-19-11-18(21-12-22-19)23-16-8-13-4-1-2-5-14(13)9-16/h1-7,10-12,16H,8-9H2,(H,24,25)(H,21,22,23). The Balaban J connectivity index is 1.46. The molecule has 3 aromatic rings. The number of rotatable bonds is 5. The summed E-state index contributed by atoms with van der Waals surface area (Å²) in [5.74, 6) is 0.465. The number of benzene rings is 2. The normalized spacial score (nSPS) is 13.2. The van der Waals surface area contributed by atoms with Gasteiger partial charge >= 0.3 is 5.97 Å². The summed E-state index contributed by atoms with van der Waals surface area (Å²) in [5.41, 5.74) is 2.89. The van der Waals surface area contributed by atoms with Crippen molar-refractivity contribution in [2.24, 2.45) is 0 Å². The number of carboxylic acids is 1. The molecule has 0 atom stereocenters. The molecule has 1 heterocycles. The minimum Gasteiger partial charge on any atom is -0.478 e. The molecule has 0 saturated carbocycles. The van der Waals surface area contributed by atoms with Crippen LogP contribution in [0.25, 0.3) is 0 Å². The zero-order chi connectivity index (χ0) is 17.9. The quantitative estimate of drug-likeness (QED) is 0.734. The Kier molecular flexibility index (Phi) is 4.23. The third-order valence-electron chi connectivity index (χ3n) is 4.35. The van der Waals surface area contributed by atoms with E-state index in [1.54, 1.807) is 18.2 Å². The molecule has 1 aromatic heterocycles. The first kappa shape index (κ1) is 16.1. The molecule has 0 spiro atoms. The number of hydrogen-bond acceptors (Lipinski definition) is 5. The van der Waals surface area contributed by atoms with Gasteiger partial charge in [0.25, 0.3) is 0 Å². The van der Waals surface area contributed by atoms with Crippen LogP contribution in [0.3, 0.4) is 0 Å². The van der Waals surface area contributed by atoms with Crippen LogP contribution >= 0.6 is 0 Å². The maximum Gasteiger partial charge on any atom is 0.335 e. The van der Waals surface area contributed by atoms with Crippen LogP contribution in [-0.4, -0.2) is 27.1 Å². The van der Waals surface area contributed by atoms with Crippen LogP contribution in [0.1, 0.15) is 21.5 Å². The Hall–Kier alpha value is -3.41. The van der Waals surface area contributed by atoms with Gasteiger partial charge in [0.05, 0.1) is 5.56 Å². The fourth-order valence-electron chi connectivity index (χ4n) is 3.16. The number of fused-ring (bicyclic) bond motifs is 1. The zero-order valence-electron chi connectivity index (χ0n) is 13.9. The molecule has 1 aliphatic rings. The minimum absolute atomic E-state index is 0.165. The van der Waals surface area contributed by atoms with Crippen molar-refractivity contribution in [3.05, 3.63) is 77.6 Å². The second-order valence-electron chi connectivity index (χ2n) is 6.19. The number of carboxylic acid groups (broad SMARTS) is 1. The van der Waals surface area contributed by atoms with Crippen LogP contribution < -0.4 is 10.1 Å². The van der Waals surface area contributed by atoms with Gasteiger partial charge in [-0.2, -0.15) is 0 Å². The molecule has 0 radical (unpaired) electrons. The van der Waals surface area contributed by atoms with Gasteiger partial charge < -0.3 is 15.2 Å². The number of anilines is 1. The lowest BCUT2D eigenvalue weighted by atomic mass is 10.1. The van der Waals surface area contributed by atoms with Crippen molar-refractivity contribution in [1.82, 2.24) is 9.97 Å². The Labute approximate surface area is 150 Å². The molecule has 6 heteroatoms. The van der Waals surface area contributed by atoms with Crippen LogP contribution in [0, 0.1) is 0 Å². The van der Waals surface area contributed by atoms with Crippen molar-refractivity contribution in [3.8, 4) is 11.6 Å². The van der Waals surface area contributed by atoms with Gasteiger partial charge in [-0.05, 0) is 42.2 Å². The van der Waals surface area contributed by atoms with Crippen LogP contribution in [0.5, 0.6) is 11.6 Å². The van der Waals surface area contributed by atoms with Crippen molar-refractivity contribution >= 4 is 11.8 Å². The summed E-state index contributed by atoms with van der Waals surface area (Å²) in [6, 6.07) is 16.7. The van der Waals surface area contributed by atoms with E-state index in [2.05, 4.69) is 39.6 Å². The van der Waals surface area contributed by atoms with Gasteiger partial charge in [0.1, 0.15) is 17.9 Å². The summed E-state index contributed by atoms with van der Waals surface area (Å²) in [6.07, 6.45) is 3.34. The average Bonchev–Trinajstić information content (AvgIpc) is 3.04. The largest absolute Gasteiger partial charge is 0.478 e. The Morgan fingerprint density at radius 1 is 1.04 bits per heavy atom. The molecule has 0 amide bonds. The molecule has 1 aliphatic carbocycles. The number of nitrogens with one attached hydrogen (secondary N) is 1. The summed E-state index contributed by atoms with van der Waals surface area (Å²) in [6.45, 7) is 0. The second-order valence-corrected chi connectivity index (χ2v) is 6.19. The molecule has 2 N–H and O–H groups in total. The fraction of sp³-hybridized carbons (Fsp3) is 0.150. The van der Waals surface area contributed by atoms with Gasteiger partial charge in [-0.15, -0.1) is 0 Å². The summed E-state index contributed by atoms with van der Waals surface area (Å²) in [5, 5.41) is 12.5. The van der Waals surface area contributed by atoms with Crippen molar-refractivity contribution in [3.63, 3.8) is 0 Å². The van der Waals surface area contributed by atoms with E-state index in [0.29, 0.717) is 17.4 Å². The lowest BCUT2D eigenvalue weighted by Gasteiger charge is -2.13. The van der Waals surface area contributed by atoms with Gasteiger partial charge in [0, 0.05) is 12.1 Å². The molecular formula is C20H17N3O3. The highest BCUT2D eigenvalue weighted by molar-refractivity contribution is 5.88. The summed E-state index contributed by atoms with van der Waals surface area (Å²) >= 11 is 0. The highest BCUT2D eigenvalue weighted by Gasteiger charge is 2.21. The van der Waals surface area contributed by atoms with Crippen LogP contribution in [0.4, 0.5) is 5.82 Å². The molecule has 0 fully saturated rings. The molecule has 4 rings (SSSR count). The Morgan fingerprint density at radius 2 is 1.81 bits per heavy atom. The van der Waals surface area contributed by atoms with E-state index < -0.39 is 5.97 Å². The van der Waals surface area contributed by atoms with Crippen LogP contribution in [0.15, 0.2) is 60.9 Å². The van der Waals surface area contributed by atoms with E-state index in [0.717, 1.165) is 12.8 Å². The highest BCUT2D eigenvalue weighted by atomic mass is 16.5. The minimum atomic E-state index is -0.999. The zero-order valence-corrected chi connectivity index (χ0v) is 13.9. The van der Waals surface area contributed by atoms with Crippen molar-refractivity contribution in [1.29, 1.82) is 0 Å². The maximum atomic E-state index is 11.1. The van der Waals surface area contributed by atoms with Gasteiger partial charge in [-0.1, -0.05) is 30.3 Å². The van der Waals surface area contributed by atoms with E-state index in [9.17, 15) is 4.79 Å². The summed E-state index contributed by atoms with van der Waals surface area (Å²) in [4.78, 5) is 19.4. The topological polar surface area (TPSA) is 84.3 Å². The van der Waals surface area contributed by atoms with Crippen molar-refractivity contribution in [2.45, 2.75) is 18.9 Å². The lowest BCUT2D eigenvalue weighted by molar-refractivity contribution is 0.0696. The van der Waals surface area contributed by atoms with Crippen LogP contribution in [-0.2, 0) is 12.8 Å². The van der Waals surface area contributed by atoms with E-state index >= 15 is 0 Å². The molecule has 0 bridgehead atoms. The smallest absolute Gasteiger partial charge is 0.335 e. The predicted octanol–water partition coefficient (Wildman–Crippen LogP) is 3.55. The van der Waals surface area contributed by atoms with Gasteiger partial charge in [-0.3, -0.25) is 0 Å². The van der Waals surface area contributed by atoms with Gasteiger partial charge in [0.15, 0.2) is 0 Å². The molecular weight excluding hydrogens is 330 g/mol. The molecule has 0 saturated heterocycles. The van der Waals surface area contributed by atoms with Gasteiger partial charge in [-0.25, -0.2) is 14.8 Å². The summed E-state index contributed by atoms with van der Waals surface area (Å²) in [7, 11) is 0. The first-order valence-corrected chi connectivity index (χ1v) is 8.34. The SMILES string of the molecule is O=C(O)c1cccc(Oc2cc(NC3Cc4ccccc4C3)ncn2)c1. The van der Waals surface area contributed by atoms with E-state index in [-0.39, 0.29) is 11.6 Å². The number of carbonyl (C=O) groups is 1. The fourth-order valence-corrected chi connectivity index (χ4v) is 3.16. The van der Waals surface area contributed by atoms with Gasteiger partial charge in [0.2, 0.25) is 5.88 Å². The molecule has 0 unspecified atom stereocenters. The summed E-state index contributed by atoms with van der Waals surface area (Å²) < 4.78 is 5.68. The molecule has 0 aliphatic heterocycles. The first-order chi connectivity index (χ1) is 12.7. The van der Waals surface area contributed by atoms with E-state index in [1.807, 2.05) is 0 Å². The molecule has 26 heavy (non-hydrogen) atoms. The molecule has 6 nitrogen and oxygen atoms in total. The number of nitrogens with zero attached hydrogens (tertiary/aromatic N) is 2. The maximum absolute atomic E-state index is 11.1. The number of aromatic carboxylic acids is 1. The van der Waals surface area contributed by atoms with Crippen molar-refractivity contribution < 1.29 is 14.6 Å². The number of hydrogen-bond donors (Lipinski definition) is 2. The first-order valence-electron chi connectivity index (χ1n) is 8.34. The highest BCUT2D eigenvalue weighted by Crippen LogP contribution is 2.26. The van der Waals surface area contributed by atoms with Crippen LogP contribution in [0.2, 0.25) is 0 Å². The van der Waals surface area contributed by atoms with E-state index in [1.165, 1.54) is 29.6 Å². The second kappa shape index (κ2) is 6.84. The lowest BCUT2D eigenvalue weighted by Crippen LogP contribution is -2.20. The van der Waals surface area contributed by atoms with Crippen molar-refractivity contribution in [2.75, 3.05) is 5.32 Å². The monoisotopic (exact) mass is 347 g/mol. The average molecular weight is 347 g/mol. The molecule has 2 aromatic carbocycles. The third-order valence-corrected chi connectivity index (χ3v) is 4.35. The molecule has 130 valence electrons. The third kappa shape index (κ3) is 3.49. The predicted molar refractivity (Wildman–Crippen MR) is 96.8 cm³/mol. The Morgan fingerprint density at radius 3 is 2.54 bits per heavy atom. The van der Waals surface area contributed by atoms with E-state index in [4.69, 9.17) is 9.84 Å².